The standard InChI is InChI=1S/C14H18N2O4/c1-10(2)12-5-4-11(8-15)14(18)16(12)9-13(17)20-7-6-19-3/h4-5,10H,6-7,9H2,1-3H3. The van der Waals surface area contributed by atoms with Crippen LogP contribution in [0.25, 0.3) is 0 Å². The zero-order chi connectivity index (χ0) is 15.1. The molecule has 1 aromatic rings. The van der Waals surface area contributed by atoms with Crippen molar-refractivity contribution in [1.29, 1.82) is 5.26 Å². The number of nitriles is 1. The van der Waals surface area contributed by atoms with Crippen LogP contribution in [0.4, 0.5) is 0 Å². The Morgan fingerprint density at radius 3 is 2.65 bits per heavy atom. The number of rotatable bonds is 6. The number of esters is 1. The Bertz CT molecular complexity index is 570. The van der Waals surface area contributed by atoms with E-state index in [1.54, 1.807) is 6.07 Å². The first-order chi connectivity index (χ1) is 9.51. The summed E-state index contributed by atoms with van der Waals surface area (Å²) in [5.41, 5.74) is 0.235. The number of carbonyl (C=O) groups excluding carboxylic acids is 1. The molecule has 6 nitrogen and oxygen atoms in total. The maximum atomic E-state index is 12.1. The molecule has 0 aliphatic heterocycles. The average Bonchev–Trinajstić information content (AvgIpc) is 2.41. The van der Waals surface area contributed by atoms with E-state index >= 15 is 0 Å². The van der Waals surface area contributed by atoms with E-state index in [0.717, 1.165) is 0 Å². The number of ether oxygens (including phenoxy) is 2. The van der Waals surface area contributed by atoms with E-state index in [1.165, 1.54) is 17.7 Å². The second kappa shape index (κ2) is 7.46. The largest absolute Gasteiger partial charge is 0.462 e. The molecule has 108 valence electrons. The van der Waals surface area contributed by atoms with Gasteiger partial charge in [0.25, 0.3) is 5.56 Å². The Hall–Kier alpha value is -2.13. The van der Waals surface area contributed by atoms with E-state index in [1.807, 2.05) is 19.9 Å². The van der Waals surface area contributed by atoms with Crippen LogP contribution in [0.3, 0.4) is 0 Å². The summed E-state index contributed by atoms with van der Waals surface area (Å²) in [5, 5.41) is 8.88. The lowest BCUT2D eigenvalue weighted by Crippen LogP contribution is -2.30. The molecule has 0 amide bonds. The summed E-state index contributed by atoms with van der Waals surface area (Å²) >= 11 is 0. The third-order valence-electron chi connectivity index (χ3n) is 2.76. The molecular weight excluding hydrogens is 260 g/mol. The highest BCUT2D eigenvalue weighted by molar-refractivity contribution is 5.69. The lowest BCUT2D eigenvalue weighted by Gasteiger charge is -2.15. The second-order valence-electron chi connectivity index (χ2n) is 4.54. The molecular formula is C14H18N2O4. The molecule has 0 saturated carbocycles. The van der Waals surface area contributed by atoms with Gasteiger partial charge in [0.05, 0.1) is 6.61 Å². The molecule has 0 bridgehead atoms. The number of methoxy groups -OCH3 is 1. The number of hydrogen-bond donors (Lipinski definition) is 0. The fraction of sp³-hybridized carbons (Fsp3) is 0.500. The minimum atomic E-state index is -0.527. The average molecular weight is 278 g/mol. The van der Waals surface area contributed by atoms with Gasteiger partial charge in [-0.1, -0.05) is 13.8 Å². The third-order valence-corrected chi connectivity index (χ3v) is 2.76. The van der Waals surface area contributed by atoms with Crippen LogP contribution in [-0.4, -0.2) is 30.9 Å². The number of pyridine rings is 1. The van der Waals surface area contributed by atoms with Crippen LogP contribution >= 0.6 is 0 Å². The van der Waals surface area contributed by atoms with Crippen molar-refractivity contribution in [2.45, 2.75) is 26.3 Å². The Balaban J connectivity index is 3.00. The van der Waals surface area contributed by atoms with Crippen molar-refractivity contribution in [1.82, 2.24) is 4.57 Å². The van der Waals surface area contributed by atoms with E-state index < -0.39 is 11.5 Å². The molecule has 0 aromatic carbocycles. The molecule has 0 spiro atoms. The third kappa shape index (κ3) is 3.93. The lowest BCUT2D eigenvalue weighted by atomic mass is 10.1. The van der Waals surface area contributed by atoms with Crippen molar-refractivity contribution in [3.05, 3.63) is 33.7 Å². The SMILES string of the molecule is COCCOC(=O)Cn1c(C(C)C)ccc(C#N)c1=O. The molecule has 0 saturated heterocycles. The van der Waals surface area contributed by atoms with Gasteiger partial charge in [-0.25, -0.2) is 0 Å². The van der Waals surface area contributed by atoms with Gasteiger partial charge >= 0.3 is 5.97 Å². The Kier molecular flexibility index (Phi) is 5.94. The van der Waals surface area contributed by atoms with E-state index in [0.29, 0.717) is 12.3 Å². The van der Waals surface area contributed by atoms with Crippen molar-refractivity contribution in [2.75, 3.05) is 20.3 Å². The van der Waals surface area contributed by atoms with Crippen molar-refractivity contribution in [3.8, 4) is 6.07 Å². The highest BCUT2D eigenvalue weighted by Gasteiger charge is 2.14. The summed E-state index contributed by atoms with van der Waals surface area (Å²) in [6.07, 6.45) is 0. The number of hydrogen-bond acceptors (Lipinski definition) is 5. The molecule has 0 aliphatic rings. The highest BCUT2D eigenvalue weighted by atomic mass is 16.6. The van der Waals surface area contributed by atoms with Crippen molar-refractivity contribution in [2.24, 2.45) is 0 Å². The minimum Gasteiger partial charge on any atom is -0.462 e. The van der Waals surface area contributed by atoms with Gasteiger partial charge in [0.1, 0.15) is 24.8 Å². The van der Waals surface area contributed by atoms with Crippen LogP contribution < -0.4 is 5.56 Å². The van der Waals surface area contributed by atoms with E-state index in [9.17, 15) is 9.59 Å². The van der Waals surface area contributed by atoms with Crippen molar-refractivity contribution < 1.29 is 14.3 Å². The topological polar surface area (TPSA) is 81.3 Å². The lowest BCUT2D eigenvalue weighted by molar-refractivity contribution is -0.145. The van der Waals surface area contributed by atoms with Crippen LogP contribution in [0, 0.1) is 11.3 Å². The summed E-state index contributed by atoms with van der Waals surface area (Å²) in [4.78, 5) is 23.8. The molecule has 1 aromatic heterocycles. The molecule has 0 aliphatic carbocycles. The molecule has 0 fully saturated rings. The maximum absolute atomic E-state index is 12.1. The molecule has 0 atom stereocenters. The first kappa shape index (κ1) is 15.9. The van der Waals surface area contributed by atoms with Gasteiger partial charge < -0.3 is 14.0 Å². The van der Waals surface area contributed by atoms with Crippen LogP contribution in [0.1, 0.15) is 31.0 Å². The Morgan fingerprint density at radius 2 is 2.10 bits per heavy atom. The fourth-order valence-corrected chi connectivity index (χ4v) is 1.76. The van der Waals surface area contributed by atoms with Crippen LogP contribution in [0.2, 0.25) is 0 Å². The van der Waals surface area contributed by atoms with Gasteiger partial charge in [0.15, 0.2) is 0 Å². The van der Waals surface area contributed by atoms with Crippen LogP contribution in [-0.2, 0) is 20.8 Å². The number of carbonyl (C=O) groups is 1. The molecule has 1 rings (SSSR count). The maximum Gasteiger partial charge on any atom is 0.326 e. The van der Waals surface area contributed by atoms with E-state index in [4.69, 9.17) is 14.7 Å². The fourth-order valence-electron chi connectivity index (χ4n) is 1.76. The first-order valence-corrected chi connectivity index (χ1v) is 6.29. The molecule has 0 radical (unpaired) electrons. The Labute approximate surface area is 117 Å². The van der Waals surface area contributed by atoms with Crippen LogP contribution in [0.5, 0.6) is 0 Å². The van der Waals surface area contributed by atoms with Gasteiger partial charge in [-0.15, -0.1) is 0 Å². The molecule has 0 N–H and O–H groups in total. The van der Waals surface area contributed by atoms with Gasteiger partial charge in [-0.2, -0.15) is 5.26 Å². The first-order valence-electron chi connectivity index (χ1n) is 6.29. The van der Waals surface area contributed by atoms with E-state index in [-0.39, 0.29) is 24.6 Å². The summed E-state index contributed by atoms with van der Waals surface area (Å²) in [6.45, 7) is 4.06. The van der Waals surface area contributed by atoms with Gasteiger partial charge in [-0.3, -0.25) is 9.59 Å². The smallest absolute Gasteiger partial charge is 0.326 e. The molecule has 20 heavy (non-hydrogen) atoms. The predicted molar refractivity (Wildman–Crippen MR) is 72.3 cm³/mol. The zero-order valence-corrected chi connectivity index (χ0v) is 11.9. The monoisotopic (exact) mass is 278 g/mol. The van der Waals surface area contributed by atoms with E-state index in [2.05, 4.69) is 0 Å². The van der Waals surface area contributed by atoms with Gasteiger partial charge in [-0.05, 0) is 18.1 Å². The minimum absolute atomic E-state index is 0.0130. The highest BCUT2D eigenvalue weighted by Crippen LogP contribution is 2.13. The molecule has 1 heterocycles. The molecule has 6 heteroatoms. The Morgan fingerprint density at radius 1 is 1.40 bits per heavy atom. The van der Waals surface area contributed by atoms with Crippen LogP contribution in [0.15, 0.2) is 16.9 Å². The quantitative estimate of drug-likeness (QED) is 0.573. The van der Waals surface area contributed by atoms with Gasteiger partial charge in [0, 0.05) is 12.8 Å². The second-order valence-corrected chi connectivity index (χ2v) is 4.54. The normalized spacial score (nSPS) is 10.3. The van der Waals surface area contributed by atoms with Crippen molar-refractivity contribution >= 4 is 5.97 Å². The summed E-state index contributed by atoms with van der Waals surface area (Å²) in [5.74, 6) is -0.469. The number of aromatic nitrogens is 1. The predicted octanol–water partition coefficient (Wildman–Crippen LogP) is 1.03. The zero-order valence-electron chi connectivity index (χ0n) is 11.9. The number of nitrogens with zero attached hydrogens (tertiary/aromatic N) is 2. The summed E-state index contributed by atoms with van der Waals surface area (Å²) < 4.78 is 11.0. The summed E-state index contributed by atoms with van der Waals surface area (Å²) in [6, 6.07) is 4.99. The summed E-state index contributed by atoms with van der Waals surface area (Å²) in [7, 11) is 1.51. The molecule has 0 unspecified atom stereocenters. The van der Waals surface area contributed by atoms with Crippen molar-refractivity contribution in [3.63, 3.8) is 0 Å². The van der Waals surface area contributed by atoms with Gasteiger partial charge in [0.2, 0.25) is 0 Å².